The van der Waals surface area contributed by atoms with Gasteiger partial charge < -0.3 is 9.13 Å². The number of fused-ring (bicyclic) bond motifs is 6. The molecule has 0 fully saturated rings. The zero-order valence-corrected chi connectivity index (χ0v) is 14.5. The SMILES string of the molecule is [2H]c1c([2H])c([2H])c2c(c1[2H])c1c([2H])c([2H])c(-n3c4ccccc4c4ccccc43)c([2H])c1n2C. The standard InChI is InChI=1S/C25H18N2/c1-26-22-11-5-2-8-18(22)21-15-14-17(16-25(21)26)27-23-12-6-3-9-19(23)20-10-4-7-13-24(20)27/h2-16H,1H3/i2D,5D,8D,11D,14D,15D,16D. The molecule has 128 valence electrons. The van der Waals surface area contributed by atoms with E-state index in [2.05, 4.69) is 0 Å². The lowest BCUT2D eigenvalue weighted by molar-refractivity contribution is 1.01. The molecule has 27 heavy (non-hydrogen) atoms. The summed E-state index contributed by atoms with van der Waals surface area (Å²) >= 11 is 0. The summed E-state index contributed by atoms with van der Waals surface area (Å²) in [5, 5.41) is 2.31. The van der Waals surface area contributed by atoms with Crippen LogP contribution in [0.15, 0.2) is 90.8 Å². The highest BCUT2D eigenvalue weighted by atomic mass is 15.0. The molecule has 0 unspecified atom stereocenters. The number of benzene rings is 4. The zero-order valence-electron chi connectivity index (χ0n) is 21.5. The minimum atomic E-state index is -0.395. The lowest BCUT2D eigenvalue weighted by Gasteiger charge is -2.09. The number of para-hydroxylation sites is 3. The molecule has 2 heterocycles. The van der Waals surface area contributed by atoms with Gasteiger partial charge in [-0.2, -0.15) is 0 Å². The number of nitrogens with zero attached hydrogens (tertiary/aromatic N) is 2. The summed E-state index contributed by atoms with van der Waals surface area (Å²) < 4.78 is 63.4. The highest BCUT2D eigenvalue weighted by molar-refractivity contribution is 6.11. The monoisotopic (exact) mass is 353 g/mol. The minimum absolute atomic E-state index is 0.00179. The third-order valence-corrected chi connectivity index (χ3v) is 5.17. The lowest BCUT2D eigenvalue weighted by Crippen LogP contribution is -1.94. The van der Waals surface area contributed by atoms with E-state index in [0.717, 1.165) is 21.8 Å². The average molecular weight is 353 g/mol. The summed E-state index contributed by atoms with van der Waals surface area (Å²) in [4.78, 5) is 0. The molecule has 0 bridgehead atoms. The Morgan fingerprint density at radius 1 is 0.630 bits per heavy atom. The van der Waals surface area contributed by atoms with E-state index in [9.17, 15) is 0 Å². The Morgan fingerprint density at radius 3 is 2.00 bits per heavy atom. The number of hydrogen-bond acceptors (Lipinski definition) is 0. The van der Waals surface area contributed by atoms with Crippen LogP contribution in [-0.2, 0) is 7.05 Å². The normalized spacial score (nSPS) is 15.5. The maximum Gasteiger partial charge on any atom is 0.0667 e. The Morgan fingerprint density at radius 2 is 1.26 bits per heavy atom. The van der Waals surface area contributed by atoms with E-state index >= 15 is 0 Å². The van der Waals surface area contributed by atoms with Crippen molar-refractivity contribution in [1.29, 1.82) is 0 Å². The van der Waals surface area contributed by atoms with E-state index < -0.39 is 6.04 Å². The number of hydrogen-bond donors (Lipinski definition) is 0. The van der Waals surface area contributed by atoms with Gasteiger partial charge in [-0.15, -0.1) is 0 Å². The van der Waals surface area contributed by atoms with Gasteiger partial charge in [0, 0.05) is 39.8 Å². The molecule has 2 heteroatoms. The summed E-state index contributed by atoms with van der Waals surface area (Å²) in [6.07, 6.45) is 0. The average Bonchev–Trinajstić information content (AvgIpc) is 3.33. The van der Waals surface area contributed by atoms with Gasteiger partial charge in [-0.1, -0.05) is 60.6 Å². The van der Waals surface area contributed by atoms with Crippen molar-refractivity contribution in [2.75, 3.05) is 0 Å². The molecule has 0 spiro atoms. The molecule has 4 aromatic carbocycles. The second-order valence-electron chi connectivity index (χ2n) is 6.60. The third kappa shape index (κ3) is 1.90. The van der Waals surface area contributed by atoms with Crippen LogP contribution in [0.4, 0.5) is 0 Å². The van der Waals surface area contributed by atoms with Crippen LogP contribution in [0.5, 0.6) is 0 Å². The summed E-state index contributed by atoms with van der Waals surface area (Å²) in [7, 11) is 1.64. The van der Waals surface area contributed by atoms with Crippen molar-refractivity contribution >= 4 is 43.6 Å². The quantitative estimate of drug-likeness (QED) is 0.322. The largest absolute Gasteiger partial charge is 0.344 e. The van der Waals surface area contributed by atoms with Crippen LogP contribution in [-0.4, -0.2) is 9.13 Å². The second kappa shape index (κ2) is 5.24. The molecule has 0 amide bonds. The Labute approximate surface area is 166 Å². The fourth-order valence-corrected chi connectivity index (χ4v) is 3.94. The maximum absolute atomic E-state index is 9.16. The van der Waals surface area contributed by atoms with Crippen LogP contribution >= 0.6 is 0 Å². The predicted molar refractivity (Wildman–Crippen MR) is 115 cm³/mol. The van der Waals surface area contributed by atoms with Gasteiger partial charge in [0.1, 0.15) is 0 Å². The first-order valence-electron chi connectivity index (χ1n) is 12.2. The summed E-state index contributed by atoms with van der Waals surface area (Å²) in [6, 6.07) is 13.9. The van der Waals surface area contributed by atoms with Crippen molar-refractivity contribution < 1.29 is 9.60 Å². The van der Waals surface area contributed by atoms with E-state index in [4.69, 9.17) is 9.60 Å². The van der Waals surface area contributed by atoms with Gasteiger partial charge in [-0.05, 0) is 30.3 Å². The number of rotatable bonds is 1. The van der Waals surface area contributed by atoms with Crippen molar-refractivity contribution in [1.82, 2.24) is 9.13 Å². The lowest BCUT2D eigenvalue weighted by atomic mass is 10.1. The van der Waals surface area contributed by atoms with Gasteiger partial charge in [-0.25, -0.2) is 0 Å². The predicted octanol–water partition coefficient (Wildman–Crippen LogP) is 6.43. The van der Waals surface area contributed by atoms with Gasteiger partial charge >= 0.3 is 0 Å². The van der Waals surface area contributed by atoms with Crippen molar-refractivity contribution in [2.24, 2.45) is 7.05 Å². The second-order valence-corrected chi connectivity index (χ2v) is 6.60. The molecule has 0 aliphatic rings. The molecule has 0 atom stereocenters. The fourth-order valence-electron chi connectivity index (χ4n) is 3.94. The van der Waals surface area contributed by atoms with Crippen LogP contribution < -0.4 is 0 Å². The molecule has 2 nitrogen and oxygen atoms in total. The summed E-state index contributed by atoms with van der Waals surface area (Å²) in [6.45, 7) is 0. The maximum atomic E-state index is 9.16. The molecular weight excluding hydrogens is 328 g/mol. The molecule has 0 saturated heterocycles. The van der Waals surface area contributed by atoms with Crippen LogP contribution in [0.25, 0.3) is 49.3 Å². The van der Waals surface area contributed by atoms with E-state index in [1.165, 1.54) is 0 Å². The van der Waals surface area contributed by atoms with Crippen molar-refractivity contribution in [2.45, 2.75) is 0 Å². The molecule has 0 aliphatic carbocycles. The topological polar surface area (TPSA) is 9.86 Å². The first kappa shape index (κ1) is 9.43. The minimum Gasteiger partial charge on any atom is -0.344 e. The van der Waals surface area contributed by atoms with E-state index in [-0.39, 0.29) is 58.2 Å². The van der Waals surface area contributed by atoms with Crippen LogP contribution in [0, 0.1) is 0 Å². The Balaban J connectivity index is 1.89. The van der Waals surface area contributed by atoms with Gasteiger partial charge in [0.15, 0.2) is 0 Å². The number of aromatic nitrogens is 2. The van der Waals surface area contributed by atoms with Crippen LogP contribution in [0.3, 0.4) is 0 Å². The van der Waals surface area contributed by atoms with Crippen LogP contribution in [0.2, 0.25) is 0 Å². The third-order valence-electron chi connectivity index (χ3n) is 5.17. The van der Waals surface area contributed by atoms with Crippen molar-refractivity contribution in [3.8, 4) is 5.69 Å². The van der Waals surface area contributed by atoms with E-state index in [0.29, 0.717) is 5.52 Å². The molecular formula is C25H18N2. The molecule has 2 aromatic heterocycles. The molecule has 6 rings (SSSR count). The Bertz CT molecular complexity index is 1790. The zero-order chi connectivity index (χ0) is 24.0. The van der Waals surface area contributed by atoms with Gasteiger partial charge in [-0.3, -0.25) is 0 Å². The fraction of sp³-hybridized carbons (Fsp3) is 0.0400. The van der Waals surface area contributed by atoms with E-state index in [1.807, 2.05) is 53.1 Å². The molecule has 0 radical (unpaired) electrons. The highest BCUT2D eigenvalue weighted by Gasteiger charge is 2.13. The first-order chi connectivity index (χ1) is 16.3. The van der Waals surface area contributed by atoms with E-state index in [1.54, 1.807) is 11.6 Å². The van der Waals surface area contributed by atoms with Gasteiger partial charge in [0.25, 0.3) is 0 Å². The van der Waals surface area contributed by atoms with Crippen LogP contribution in [0.1, 0.15) is 9.60 Å². The first-order valence-corrected chi connectivity index (χ1v) is 8.72. The van der Waals surface area contributed by atoms with Gasteiger partial charge in [0.2, 0.25) is 0 Å². The number of aryl methyl sites for hydroxylation is 1. The van der Waals surface area contributed by atoms with Crippen molar-refractivity contribution in [3.05, 3.63) is 90.8 Å². The summed E-state index contributed by atoms with van der Waals surface area (Å²) in [5.74, 6) is 0. The molecule has 0 saturated carbocycles. The smallest absolute Gasteiger partial charge is 0.0667 e. The Kier molecular flexibility index (Phi) is 1.83. The summed E-state index contributed by atoms with van der Waals surface area (Å²) in [5.41, 5.74) is 2.40. The molecule has 0 N–H and O–H groups in total. The van der Waals surface area contributed by atoms with Crippen molar-refractivity contribution in [3.63, 3.8) is 0 Å². The Hall–Kier alpha value is -3.52. The molecule has 0 aliphatic heterocycles. The molecule has 6 aromatic rings. The van der Waals surface area contributed by atoms with Gasteiger partial charge in [0.05, 0.1) is 26.1 Å². The highest BCUT2D eigenvalue weighted by Crippen LogP contribution is 2.34.